The van der Waals surface area contributed by atoms with Crippen molar-refractivity contribution in [2.45, 2.75) is 13.0 Å². The number of carbonyl (C=O) groups excluding carboxylic acids is 1. The van der Waals surface area contributed by atoms with Crippen molar-refractivity contribution in [1.29, 1.82) is 0 Å². The van der Waals surface area contributed by atoms with Crippen LogP contribution in [-0.2, 0) is 0 Å². The van der Waals surface area contributed by atoms with Crippen molar-refractivity contribution in [3.63, 3.8) is 0 Å². The molecule has 4 aromatic rings. The highest BCUT2D eigenvalue weighted by Gasteiger charge is 2.43. The Kier molecular flexibility index (Phi) is 5.75. The number of phenols is 1. The number of ether oxygens (including phenoxy) is 2. The van der Waals surface area contributed by atoms with Gasteiger partial charge in [0.25, 0.3) is 5.91 Å². The maximum atomic E-state index is 13.6. The molecule has 8 heteroatoms. The summed E-state index contributed by atoms with van der Waals surface area (Å²) < 4.78 is 11.8. The lowest BCUT2D eigenvalue weighted by Gasteiger charge is -2.27. The molecule has 1 atom stereocenters. The molecule has 0 radical (unpaired) electrons. The average Bonchev–Trinajstić information content (AvgIpc) is 3.40. The highest BCUT2D eigenvalue weighted by atomic mass is 79.9. The largest absolute Gasteiger partial charge is 0.504 e. The number of fused-ring (bicyclic) bond motifs is 1. The lowest BCUT2D eigenvalue weighted by Crippen LogP contribution is -2.29. The SMILES string of the molecule is CCOc1ccc(-c2n[nH]c3c2[C@H](c2ccc(O)c(OC)c2)N(c2ccc(Br)cc2)C3=O)cc1. The Hall–Kier alpha value is -3.78. The standard InChI is InChI=1S/C26H22BrN3O4/c1-3-34-19-11-4-15(5-12-19)23-22-24(29-28-23)26(32)30(18-9-7-17(27)8-10-18)25(22)16-6-13-20(31)21(14-16)33-2/h4-14,25,31H,3H2,1-2H3,(H,28,29)/t25-/m0/s1. The number of halogens is 1. The molecular formula is C26H22BrN3O4. The van der Waals surface area contributed by atoms with E-state index in [2.05, 4.69) is 26.1 Å². The summed E-state index contributed by atoms with van der Waals surface area (Å²) in [6, 6.07) is 19.9. The van der Waals surface area contributed by atoms with Gasteiger partial charge in [-0.1, -0.05) is 22.0 Å². The number of nitrogens with zero attached hydrogens (tertiary/aromatic N) is 2. The van der Waals surface area contributed by atoms with E-state index in [9.17, 15) is 9.90 Å². The summed E-state index contributed by atoms with van der Waals surface area (Å²) in [6.45, 7) is 2.52. The van der Waals surface area contributed by atoms with E-state index in [-0.39, 0.29) is 11.7 Å². The van der Waals surface area contributed by atoms with Gasteiger partial charge < -0.3 is 14.6 Å². The molecule has 0 unspecified atom stereocenters. The third kappa shape index (κ3) is 3.70. The van der Waals surface area contributed by atoms with Crippen LogP contribution in [0.1, 0.15) is 34.6 Å². The molecule has 7 nitrogen and oxygen atoms in total. The number of aromatic amines is 1. The van der Waals surface area contributed by atoms with Gasteiger partial charge in [0.15, 0.2) is 11.5 Å². The molecule has 2 N–H and O–H groups in total. The number of nitrogens with one attached hydrogen (secondary N) is 1. The second-order valence-electron chi connectivity index (χ2n) is 7.80. The van der Waals surface area contributed by atoms with E-state index in [1.165, 1.54) is 7.11 Å². The maximum absolute atomic E-state index is 13.6. The average molecular weight is 520 g/mol. The number of methoxy groups -OCH3 is 1. The number of carbonyl (C=O) groups is 1. The number of hydrogen-bond donors (Lipinski definition) is 2. The molecule has 0 saturated heterocycles. The molecule has 0 spiro atoms. The molecule has 0 aliphatic carbocycles. The number of anilines is 1. The summed E-state index contributed by atoms with van der Waals surface area (Å²) in [7, 11) is 1.50. The molecule has 34 heavy (non-hydrogen) atoms. The summed E-state index contributed by atoms with van der Waals surface area (Å²) in [5, 5.41) is 17.6. The van der Waals surface area contributed by atoms with Crippen LogP contribution in [0.4, 0.5) is 5.69 Å². The van der Waals surface area contributed by atoms with E-state index in [1.807, 2.05) is 55.5 Å². The van der Waals surface area contributed by atoms with Gasteiger partial charge in [-0.15, -0.1) is 0 Å². The third-order valence-electron chi connectivity index (χ3n) is 5.83. The van der Waals surface area contributed by atoms with Crippen molar-refractivity contribution in [3.8, 4) is 28.5 Å². The summed E-state index contributed by atoms with van der Waals surface area (Å²) in [4.78, 5) is 15.3. The normalized spacial score (nSPS) is 14.9. The molecule has 3 aromatic carbocycles. The highest BCUT2D eigenvalue weighted by molar-refractivity contribution is 9.10. The fourth-order valence-corrected chi connectivity index (χ4v) is 4.55. The van der Waals surface area contributed by atoms with Gasteiger partial charge >= 0.3 is 0 Å². The molecule has 1 aliphatic rings. The molecule has 0 fully saturated rings. The first-order valence-corrected chi connectivity index (χ1v) is 11.6. The number of rotatable bonds is 6. The summed E-state index contributed by atoms with van der Waals surface area (Å²) in [6.07, 6.45) is 0. The first-order chi connectivity index (χ1) is 16.5. The first kappa shape index (κ1) is 22.0. The minimum absolute atomic E-state index is 0.0323. The van der Waals surface area contributed by atoms with Crippen LogP contribution in [0, 0.1) is 0 Å². The van der Waals surface area contributed by atoms with Crippen molar-refractivity contribution in [3.05, 3.63) is 88.0 Å². The molecule has 0 saturated carbocycles. The van der Waals surface area contributed by atoms with Crippen LogP contribution in [-0.4, -0.2) is 34.9 Å². The summed E-state index contributed by atoms with van der Waals surface area (Å²) in [5.41, 5.74) is 4.28. The van der Waals surface area contributed by atoms with E-state index in [1.54, 1.807) is 23.1 Å². The van der Waals surface area contributed by atoms with E-state index in [4.69, 9.17) is 9.47 Å². The monoisotopic (exact) mass is 519 g/mol. The molecule has 172 valence electrons. The van der Waals surface area contributed by atoms with Gasteiger partial charge in [-0.2, -0.15) is 5.10 Å². The zero-order chi connectivity index (χ0) is 23.8. The van der Waals surface area contributed by atoms with Gasteiger partial charge in [0.1, 0.15) is 11.4 Å². The number of amides is 1. The van der Waals surface area contributed by atoms with E-state index >= 15 is 0 Å². The quantitative estimate of drug-likeness (QED) is 0.341. The summed E-state index contributed by atoms with van der Waals surface area (Å²) >= 11 is 3.46. The molecular weight excluding hydrogens is 498 g/mol. The van der Waals surface area contributed by atoms with Crippen molar-refractivity contribution in [2.75, 3.05) is 18.6 Å². The van der Waals surface area contributed by atoms with E-state index in [0.717, 1.165) is 32.6 Å². The van der Waals surface area contributed by atoms with Crippen LogP contribution in [0.15, 0.2) is 71.2 Å². The second-order valence-corrected chi connectivity index (χ2v) is 8.72. The topological polar surface area (TPSA) is 87.7 Å². The Morgan fingerprint density at radius 2 is 1.82 bits per heavy atom. The van der Waals surface area contributed by atoms with Crippen LogP contribution in [0.3, 0.4) is 0 Å². The molecule has 1 amide bonds. The van der Waals surface area contributed by atoms with Crippen LogP contribution < -0.4 is 14.4 Å². The van der Waals surface area contributed by atoms with E-state index in [0.29, 0.717) is 23.7 Å². The van der Waals surface area contributed by atoms with Crippen LogP contribution >= 0.6 is 15.9 Å². The van der Waals surface area contributed by atoms with Crippen molar-refractivity contribution in [1.82, 2.24) is 10.2 Å². The summed E-state index contributed by atoms with van der Waals surface area (Å²) in [5.74, 6) is 0.954. The number of phenolic OH excluding ortho intramolecular Hbond substituents is 1. The fraction of sp³-hybridized carbons (Fsp3) is 0.154. The number of aromatic nitrogens is 2. The van der Waals surface area contributed by atoms with Gasteiger partial charge in [-0.25, -0.2) is 0 Å². The molecule has 1 aliphatic heterocycles. The van der Waals surface area contributed by atoms with E-state index < -0.39 is 6.04 Å². The number of hydrogen-bond acceptors (Lipinski definition) is 5. The Morgan fingerprint density at radius 1 is 1.09 bits per heavy atom. The van der Waals surface area contributed by atoms with Gasteiger partial charge in [-0.05, 0) is 73.2 Å². The van der Waals surface area contributed by atoms with Gasteiger partial charge in [0, 0.05) is 21.3 Å². The lowest BCUT2D eigenvalue weighted by molar-refractivity contribution is 0.0988. The molecule has 5 rings (SSSR count). The van der Waals surface area contributed by atoms with Gasteiger partial charge in [0.05, 0.1) is 25.5 Å². The Morgan fingerprint density at radius 3 is 2.50 bits per heavy atom. The number of benzene rings is 3. The lowest BCUT2D eigenvalue weighted by atomic mass is 9.95. The Labute approximate surface area is 205 Å². The Bertz CT molecular complexity index is 1350. The first-order valence-electron chi connectivity index (χ1n) is 10.8. The van der Waals surface area contributed by atoms with Gasteiger partial charge in [0.2, 0.25) is 0 Å². The van der Waals surface area contributed by atoms with Crippen molar-refractivity contribution >= 4 is 27.5 Å². The van der Waals surface area contributed by atoms with Crippen LogP contribution in [0.2, 0.25) is 0 Å². The molecule has 2 heterocycles. The highest BCUT2D eigenvalue weighted by Crippen LogP contribution is 2.46. The van der Waals surface area contributed by atoms with Crippen molar-refractivity contribution < 1.29 is 19.4 Å². The molecule has 1 aromatic heterocycles. The second kappa shape index (κ2) is 8.87. The Balaban J connectivity index is 1.68. The minimum Gasteiger partial charge on any atom is -0.504 e. The van der Waals surface area contributed by atoms with Crippen molar-refractivity contribution in [2.24, 2.45) is 0 Å². The zero-order valence-electron chi connectivity index (χ0n) is 18.6. The number of H-pyrrole nitrogens is 1. The zero-order valence-corrected chi connectivity index (χ0v) is 20.2. The number of aromatic hydroxyl groups is 1. The van der Waals surface area contributed by atoms with Gasteiger partial charge in [-0.3, -0.25) is 14.8 Å². The fourth-order valence-electron chi connectivity index (χ4n) is 4.29. The predicted molar refractivity (Wildman–Crippen MR) is 133 cm³/mol. The minimum atomic E-state index is -0.474. The maximum Gasteiger partial charge on any atom is 0.277 e. The predicted octanol–water partition coefficient (Wildman–Crippen LogP) is 5.70. The van der Waals surface area contributed by atoms with Crippen LogP contribution in [0.25, 0.3) is 11.3 Å². The molecule has 0 bridgehead atoms. The third-order valence-corrected chi connectivity index (χ3v) is 6.36. The smallest absolute Gasteiger partial charge is 0.277 e. The van der Waals surface area contributed by atoms with Crippen LogP contribution in [0.5, 0.6) is 17.2 Å².